The number of aryl methyl sites for hydroxylation is 1. The Bertz CT molecular complexity index is 461. The van der Waals surface area contributed by atoms with Crippen LogP contribution in [0.4, 0.5) is 5.82 Å². The van der Waals surface area contributed by atoms with Gasteiger partial charge in [-0.05, 0) is 5.92 Å². The molecule has 1 aromatic heterocycles. The van der Waals surface area contributed by atoms with Gasteiger partial charge >= 0.3 is 0 Å². The molecule has 0 spiro atoms. The van der Waals surface area contributed by atoms with Crippen molar-refractivity contribution in [3.63, 3.8) is 0 Å². The van der Waals surface area contributed by atoms with Crippen LogP contribution in [0.2, 0.25) is 0 Å². The van der Waals surface area contributed by atoms with Gasteiger partial charge in [0.25, 0.3) is 10.0 Å². The van der Waals surface area contributed by atoms with Gasteiger partial charge in [0, 0.05) is 20.6 Å². The highest BCUT2D eigenvalue weighted by atomic mass is 32.2. The highest BCUT2D eigenvalue weighted by Gasteiger charge is 2.27. The van der Waals surface area contributed by atoms with E-state index in [-0.39, 0.29) is 10.8 Å². The predicted molar refractivity (Wildman–Crippen MR) is 66.9 cm³/mol. The van der Waals surface area contributed by atoms with Crippen molar-refractivity contribution in [1.82, 2.24) is 13.9 Å². The highest BCUT2D eigenvalue weighted by Crippen LogP contribution is 2.20. The van der Waals surface area contributed by atoms with E-state index in [2.05, 4.69) is 4.98 Å². The van der Waals surface area contributed by atoms with E-state index in [1.165, 1.54) is 15.2 Å². The first-order chi connectivity index (χ1) is 7.80. The quantitative estimate of drug-likeness (QED) is 0.843. The number of hydrogen-bond acceptors (Lipinski definition) is 4. The van der Waals surface area contributed by atoms with E-state index in [0.717, 1.165) is 6.42 Å². The standard InChI is InChI=1S/C10H20N4O2S/c1-5-8(2)6-14(4)17(15,16)10-9(11)12-7-13(10)3/h7-8H,5-6,11H2,1-4H3. The molecule has 2 N–H and O–H groups in total. The zero-order valence-corrected chi connectivity index (χ0v) is 11.5. The lowest BCUT2D eigenvalue weighted by atomic mass is 10.1. The molecule has 0 bridgehead atoms. The van der Waals surface area contributed by atoms with Gasteiger partial charge < -0.3 is 10.3 Å². The van der Waals surface area contributed by atoms with E-state index >= 15 is 0 Å². The molecule has 0 aliphatic carbocycles. The molecular weight excluding hydrogens is 240 g/mol. The van der Waals surface area contributed by atoms with E-state index in [1.807, 2.05) is 13.8 Å². The Morgan fingerprint density at radius 3 is 2.59 bits per heavy atom. The number of anilines is 1. The van der Waals surface area contributed by atoms with Gasteiger partial charge in [0.2, 0.25) is 0 Å². The molecular formula is C10H20N4O2S. The predicted octanol–water partition coefficient (Wildman–Crippen LogP) is 0.669. The molecule has 1 atom stereocenters. The maximum absolute atomic E-state index is 12.3. The van der Waals surface area contributed by atoms with Crippen LogP contribution in [0.15, 0.2) is 11.4 Å². The number of imidazole rings is 1. The summed E-state index contributed by atoms with van der Waals surface area (Å²) in [5.74, 6) is 0.354. The van der Waals surface area contributed by atoms with E-state index < -0.39 is 10.0 Å². The second kappa shape index (κ2) is 5.05. The molecule has 1 rings (SSSR count). The van der Waals surface area contributed by atoms with Crippen LogP contribution < -0.4 is 5.73 Å². The third kappa shape index (κ3) is 2.78. The van der Waals surface area contributed by atoms with E-state index in [4.69, 9.17) is 5.73 Å². The monoisotopic (exact) mass is 260 g/mol. The molecule has 0 amide bonds. The van der Waals surface area contributed by atoms with Crippen molar-refractivity contribution in [2.24, 2.45) is 13.0 Å². The van der Waals surface area contributed by atoms with Crippen molar-refractivity contribution in [1.29, 1.82) is 0 Å². The number of sulfonamides is 1. The first-order valence-electron chi connectivity index (χ1n) is 5.53. The Hall–Kier alpha value is -1.08. The molecule has 0 aromatic carbocycles. The third-order valence-corrected chi connectivity index (χ3v) is 4.79. The number of nitrogens with two attached hydrogens (primary N) is 1. The average Bonchev–Trinajstić information content (AvgIpc) is 2.58. The van der Waals surface area contributed by atoms with E-state index in [0.29, 0.717) is 12.5 Å². The van der Waals surface area contributed by atoms with Crippen LogP contribution in [0.5, 0.6) is 0 Å². The molecule has 6 nitrogen and oxygen atoms in total. The minimum absolute atomic E-state index is 0.0449. The van der Waals surface area contributed by atoms with Gasteiger partial charge in [-0.25, -0.2) is 13.4 Å². The lowest BCUT2D eigenvalue weighted by Crippen LogP contribution is -2.32. The van der Waals surface area contributed by atoms with Crippen molar-refractivity contribution in [2.75, 3.05) is 19.3 Å². The normalized spacial score (nSPS) is 14.2. The van der Waals surface area contributed by atoms with Gasteiger partial charge in [0.1, 0.15) is 0 Å². The molecule has 0 saturated heterocycles. The molecule has 7 heteroatoms. The smallest absolute Gasteiger partial charge is 0.262 e. The lowest BCUT2D eigenvalue weighted by Gasteiger charge is -2.20. The second-order valence-corrected chi connectivity index (χ2v) is 6.31. The first kappa shape index (κ1) is 14.0. The van der Waals surface area contributed by atoms with Crippen LogP contribution in [-0.4, -0.2) is 35.9 Å². The summed E-state index contributed by atoms with van der Waals surface area (Å²) in [4.78, 5) is 3.80. The fourth-order valence-electron chi connectivity index (χ4n) is 1.57. The molecule has 17 heavy (non-hydrogen) atoms. The van der Waals surface area contributed by atoms with Gasteiger partial charge in [0.05, 0.1) is 6.33 Å². The van der Waals surface area contributed by atoms with Gasteiger partial charge in [-0.3, -0.25) is 0 Å². The fraction of sp³-hybridized carbons (Fsp3) is 0.700. The summed E-state index contributed by atoms with van der Waals surface area (Å²) in [5.41, 5.74) is 5.59. The maximum Gasteiger partial charge on any atom is 0.262 e. The van der Waals surface area contributed by atoms with Crippen molar-refractivity contribution in [3.05, 3.63) is 6.33 Å². The molecule has 1 unspecified atom stereocenters. The van der Waals surface area contributed by atoms with Crippen LogP contribution >= 0.6 is 0 Å². The number of rotatable bonds is 5. The Labute approximate surface area is 102 Å². The zero-order valence-electron chi connectivity index (χ0n) is 10.7. The van der Waals surface area contributed by atoms with Crippen molar-refractivity contribution < 1.29 is 8.42 Å². The average molecular weight is 260 g/mol. The molecule has 0 saturated carbocycles. The number of aromatic nitrogens is 2. The maximum atomic E-state index is 12.3. The number of nitrogens with zero attached hydrogens (tertiary/aromatic N) is 3. The molecule has 0 aliphatic rings. The highest BCUT2D eigenvalue weighted by molar-refractivity contribution is 7.89. The molecule has 1 heterocycles. The SMILES string of the molecule is CCC(C)CN(C)S(=O)(=O)c1c(N)ncn1C. The molecule has 0 fully saturated rings. The Morgan fingerprint density at radius 1 is 1.59 bits per heavy atom. The van der Waals surface area contributed by atoms with E-state index in [1.54, 1.807) is 14.1 Å². The van der Waals surface area contributed by atoms with E-state index in [9.17, 15) is 8.42 Å². The van der Waals surface area contributed by atoms with Crippen molar-refractivity contribution >= 4 is 15.8 Å². The van der Waals surface area contributed by atoms with Crippen LogP contribution in [0.1, 0.15) is 20.3 Å². The third-order valence-electron chi connectivity index (χ3n) is 2.83. The van der Waals surface area contributed by atoms with Crippen LogP contribution in [-0.2, 0) is 17.1 Å². The summed E-state index contributed by atoms with van der Waals surface area (Å²) < 4.78 is 27.3. The van der Waals surface area contributed by atoms with Gasteiger partial charge in [0.15, 0.2) is 10.8 Å². The molecule has 0 aliphatic heterocycles. The summed E-state index contributed by atoms with van der Waals surface area (Å²) in [6.07, 6.45) is 2.33. The summed E-state index contributed by atoms with van der Waals surface area (Å²) in [6, 6.07) is 0. The number of nitrogen functional groups attached to an aromatic ring is 1. The van der Waals surface area contributed by atoms with Crippen molar-refractivity contribution in [2.45, 2.75) is 25.3 Å². The molecule has 1 aromatic rings. The second-order valence-electron chi connectivity index (χ2n) is 4.34. The minimum Gasteiger partial charge on any atom is -0.381 e. The Balaban J connectivity index is 3.04. The molecule has 98 valence electrons. The largest absolute Gasteiger partial charge is 0.381 e. The van der Waals surface area contributed by atoms with Gasteiger partial charge in [-0.15, -0.1) is 0 Å². The Morgan fingerprint density at radius 2 is 2.18 bits per heavy atom. The Kier molecular flexibility index (Phi) is 4.16. The van der Waals surface area contributed by atoms with Crippen molar-refractivity contribution in [3.8, 4) is 0 Å². The van der Waals surface area contributed by atoms with Gasteiger partial charge in [-0.2, -0.15) is 4.31 Å². The summed E-state index contributed by atoms with van der Waals surface area (Å²) in [5, 5.41) is 0.0586. The van der Waals surface area contributed by atoms with Crippen LogP contribution in [0.25, 0.3) is 0 Å². The first-order valence-corrected chi connectivity index (χ1v) is 6.97. The minimum atomic E-state index is -3.55. The zero-order chi connectivity index (χ0) is 13.2. The molecule has 0 radical (unpaired) electrons. The lowest BCUT2D eigenvalue weighted by molar-refractivity contribution is 0.391. The van der Waals surface area contributed by atoms with Crippen LogP contribution in [0, 0.1) is 5.92 Å². The summed E-state index contributed by atoms with van der Waals surface area (Å²) in [6.45, 7) is 4.52. The summed E-state index contributed by atoms with van der Waals surface area (Å²) in [7, 11) is -0.372. The topological polar surface area (TPSA) is 81.2 Å². The van der Waals surface area contributed by atoms with Gasteiger partial charge in [-0.1, -0.05) is 20.3 Å². The fourth-order valence-corrected chi connectivity index (χ4v) is 3.04. The number of hydrogen-bond donors (Lipinski definition) is 1. The van der Waals surface area contributed by atoms with Crippen LogP contribution in [0.3, 0.4) is 0 Å². The summed E-state index contributed by atoms with van der Waals surface area (Å²) >= 11 is 0.